The summed E-state index contributed by atoms with van der Waals surface area (Å²) in [6, 6.07) is 5.37. The van der Waals surface area contributed by atoms with E-state index in [2.05, 4.69) is 36.7 Å². The zero-order valence-corrected chi connectivity index (χ0v) is 13.2. The number of halogens is 1. The molecule has 0 aliphatic carbocycles. The molecule has 0 bridgehead atoms. The van der Waals surface area contributed by atoms with Gasteiger partial charge in [-0.25, -0.2) is 0 Å². The minimum Gasteiger partial charge on any atom is -0.496 e. The van der Waals surface area contributed by atoms with Gasteiger partial charge in [-0.3, -0.25) is 4.79 Å². The van der Waals surface area contributed by atoms with Crippen LogP contribution in [0, 0.1) is 5.41 Å². The molecule has 0 fully saturated rings. The Morgan fingerprint density at radius 1 is 1.39 bits per heavy atom. The van der Waals surface area contributed by atoms with Crippen molar-refractivity contribution in [1.82, 2.24) is 4.90 Å². The van der Waals surface area contributed by atoms with E-state index in [1.54, 1.807) is 30.2 Å². The summed E-state index contributed by atoms with van der Waals surface area (Å²) in [4.78, 5) is 14.0. The normalized spacial score (nSPS) is 11.2. The van der Waals surface area contributed by atoms with Crippen LogP contribution in [0.4, 0.5) is 0 Å². The first-order valence-corrected chi connectivity index (χ1v) is 6.63. The van der Waals surface area contributed by atoms with Crippen molar-refractivity contribution in [1.29, 1.82) is 0 Å². The third-order valence-electron chi connectivity index (χ3n) is 2.46. The van der Waals surface area contributed by atoms with Gasteiger partial charge in [-0.15, -0.1) is 0 Å². The number of rotatable bonds is 3. The average Bonchev–Trinajstić information content (AvgIpc) is 2.25. The number of hydrogen-bond donors (Lipinski definition) is 0. The van der Waals surface area contributed by atoms with Gasteiger partial charge in [0.2, 0.25) is 0 Å². The predicted octanol–water partition coefficient (Wildman–Crippen LogP) is 3.58. The van der Waals surface area contributed by atoms with Crippen molar-refractivity contribution in [2.45, 2.75) is 20.8 Å². The largest absolute Gasteiger partial charge is 0.496 e. The molecule has 0 unspecified atom stereocenters. The second-order valence-electron chi connectivity index (χ2n) is 5.57. The van der Waals surface area contributed by atoms with E-state index in [0.717, 1.165) is 16.8 Å². The number of amides is 1. The summed E-state index contributed by atoms with van der Waals surface area (Å²) in [5.74, 6) is 0.748. The number of ether oxygens (including phenoxy) is 1. The van der Waals surface area contributed by atoms with Crippen LogP contribution < -0.4 is 4.74 Å². The lowest BCUT2D eigenvalue weighted by molar-refractivity contribution is 0.0745. The third kappa shape index (κ3) is 4.02. The Morgan fingerprint density at radius 2 is 2.00 bits per heavy atom. The topological polar surface area (TPSA) is 29.5 Å². The molecular weight excluding hydrogens is 294 g/mol. The van der Waals surface area contributed by atoms with Crippen LogP contribution in [0.1, 0.15) is 31.1 Å². The smallest absolute Gasteiger partial charge is 0.253 e. The van der Waals surface area contributed by atoms with Crippen molar-refractivity contribution >= 4 is 21.8 Å². The lowest BCUT2D eigenvalue weighted by Gasteiger charge is -2.26. The average molecular weight is 314 g/mol. The van der Waals surface area contributed by atoms with Crippen LogP contribution in [0.15, 0.2) is 22.7 Å². The van der Waals surface area contributed by atoms with Crippen LogP contribution in [-0.2, 0) is 0 Å². The van der Waals surface area contributed by atoms with Gasteiger partial charge < -0.3 is 9.64 Å². The molecule has 0 atom stereocenters. The molecule has 0 heterocycles. The van der Waals surface area contributed by atoms with E-state index in [1.807, 2.05) is 7.05 Å². The van der Waals surface area contributed by atoms with Crippen molar-refractivity contribution in [3.8, 4) is 5.75 Å². The van der Waals surface area contributed by atoms with Crippen molar-refractivity contribution < 1.29 is 9.53 Å². The van der Waals surface area contributed by atoms with Crippen LogP contribution in [0.25, 0.3) is 0 Å². The molecule has 1 rings (SSSR count). The molecule has 0 spiro atoms. The van der Waals surface area contributed by atoms with Gasteiger partial charge in [-0.05, 0) is 39.5 Å². The molecule has 0 saturated heterocycles. The molecule has 1 aromatic carbocycles. The van der Waals surface area contributed by atoms with Gasteiger partial charge in [0.05, 0.1) is 11.6 Å². The van der Waals surface area contributed by atoms with Gasteiger partial charge in [0.1, 0.15) is 5.75 Å². The fourth-order valence-corrected chi connectivity index (χ4v) is 2.34. The number of nitrogens with zero attached hydrogens (tertiary/aromatic N) is 1. The summed E-state index contributed by atoms with van der Waals surface area (Å²) in [6.07, 6.45) is 0. The summed E-state index contributed by atoms with van der Waals surface area (Å²) in [5.41, 5.74) is 0.753. The number of methoxy groups -OCH3 is 1. The molecule has 0 radical (unpaired) electrons. The Kier molecular flexibility index (Phi) is 4.79. The van der Waals surface area contributed by atoms with Gasteiger partial charge in [0, 0.05) is 19.2 Å². The summed E-state index contributed by atoms with van der Waals surface area (Å²) < 4.78 is 5.94. The second-order valence-corrected chi connectivity index (χ2v) is 6.43. The summed E-state index contributed by atoms with van der Waals surface area (Å²) in [7, 11) is 3.43. The maximum absolute atomic E-state index is 12.2. The predicted molar refractivity (Wildman–Crippen MR) is 77.1 cm³/mol. The SMILES string of the molecule is COc1ccc(C(=O)N(C)CC(C)(C)C)cc1Br. The van der Waals surface area contributed by atoms with Crippen LogP contribution >= 0.6 is 15.9 Å². The van der Waals surface area contributed by atoms with Gasteiger partial charge in [0.25, 0.3) is 5.91 Å². The molecule has 0 aromatic heterocycles. The zero-order chi connectivity index (χ0) is 13.9. The van der Waals surface area contributed by atoms with Gasteiger partial charge in [-0.1, -0.05) is 20.8 Å². The molecule has 18 heavy (non-hydrogen) atoms. The molecule has 100 valence electrons. The minimum atomic E-state index is 0.0216. The number of benzene rings is 1. The van der Waals surface area contributed by atoms with Gasteiger partial charge >= 0.3 is 0 Å². The van der Waals surface area contributed by atoms with E-state index in [1.165, 1.54) is 0 Å². The van der Waals surface area contributed by atoms with E-state index in [9.17, 15) is 4.79 Å². The van der Waals surface area contributed by atoms with Gasteiger partial charge in [0.15, 0.2) is 0 Å². The van der Waals surface area contributed by atoms with Crippen LogP contribution in [0.3, 0.4) is 0 Å². The Bertz CT molecular complexity index is 438. The Morgan fingerprint density at radius 3 is 2.44 bits per heavy atom. The fraction of sp³-hybridized carbons (Fsp3) is 0.500. The van der Waals surface area contributed by atoms with Crippen molar-refractivity contribution in [2.75, 3.05) is 20.7 Å². The number of carbonyl (C=O) groups excluding carboxylic acids is 1. The minimum absolute atomic E-state index is 0.0216. The highest BCUT2D eigenvalue weighted by Gasteiger charge is 2.19. The van der Waals surface area contributed by atoms with Crippen molar-refractivity contribution in [3.05, 3.63) is 28.2 Å². The molecule has 1 amide bonds. The van der Waals surface area contributed by atoms with Crippen molar-refractivity contribution in [2.24, 2.45) is 5.41 Å². The molecule has 1 aromatic rings. The first-order valence-electron chi connectivity index (χ1n) is 5.83. The monoisotopic (exact) mass is 313 g/mol. The molecule has 0 N–H and O–H groups in total. The van der Waals surface area contributed by atoms with Crippen LogP contribution in [-0.4, -0.2) is 31.5 Å². The lowest BCUT2D eigenvalue weighted by Crippen LogP contribution is -2.34. The summed E-state index contributed by atoms with van der Waals surface area (Å²) in [5, 5.41) is 0. The highest BCUT2D eigenvalue weighted by Crippen LogP contribution is 2.26. The lowest BCUT2D eigenvalue weighted by atomic mass is 9.96. The summed E-state index contributed by atoms with van der Waals surface area (Å²) >= 11 is 3.39. The molecule has 4 heteroatoms. The fourth-order valence-electron chi connectivity index (χ4n) is 1.80. The van der Waals surface area contributed by atoms with E-state index >= 15 is 0 Å². The Hall–Kier alpha value is -1.03. The molecular formula is C14H20BrNO2. The zero-order valence-electron chi connectivity index (χ0n) is 11.6. The maximum Gasteiger partial charge on any atom is 0.253 e. The quantitative estimate of drug-likeness (QED) is 0.853. The Labute approximate surface area is 117 Å². The first-order chi connectivity index (χ1) is 8.24. The van der Waals surface area contributed by atoms with E-state index in [-0.39, 0.29) is 11.3 Å². The summed E-state index contributed by atoms with van der Waals surface area (Å²) in [6.45, 7) is 7.05. The van der Waals surface area contributed by atoms with E-state index < -0.39 is 0 Å². The standard InChI is InChI=1S/C14H20BrNO2/c1-14(2,3)9-16(4)13(17)10-6-7-12(18-5)11(15)8-10/h6-8H,9H2,1-5H3. The molecule has 0 saturated carbocycles. The maximum atomic E-state index is 12.2. The first kappa shape index (κ1) is 15.0. The molecule has 0 aliphatic rings. The number of hydrogen-bond acceptors (Lipinski definition) is 2. The molecule has 0 aliphatic heterocycles. The van der Waals surface area contributed by atoms with E-state index in [0.29, 0.717) is 5.56 Å². The Balaban J connectivity index is 2.87. The van der Waals surface area contributed by atoms with Crippen LogP contribution in [0.2, 0.25) is 0 Å². The van der Waals surface area contributed by atoms with Gasteiger partial charge in [-0.2, -0.15) is 0 Å². The molecule has 3 nitrogen and oxygen atoms in total. The highest BCUT2D eigenvalue weighted by atomic mass is 79.9. The number of carbonyl (C=O) groups is 1. The highest BCUT2D eigenvalue weighted by molar-refractivity contribution is 9.10. The van der Waals surface area contributed by atoms with Crippen molar-refractivity contribution in [3.63, 3.8) is 0 Å². The van der Waals surface area contributed by atoms with Crippen LogP contribution in [0.5, 0.6) is 5.75 Å². The second kappa shape index (κ2) is 5.74. The van der Waals surface area contributed by atoms with E-state index in [4.69, 9.17) is 4.74 Å². The third-order valence-corrected chi connectivity index (χ3v) is 3.08.